The molecule has 1 atom stereocenters. The molecule has 5 rings (SSSR count). The van der Waals surface area contributed by atoms with Gasteiger partial charge in [0.15, 0.2) is 5.76 Å². The van der Waals surface area contributed by atoms with E-state index < -0.39 is 17.7 Å². The molecule has 1 fully saturated rings. The van der Waals surface area contributed by atoms with Crippen molar-refractivity contribution in [2.24, 2.45) is 0 Å². The van der Waals surface area contributed by atoms with E-state index in [9.17, 15) is 14.7 Å². The normalized spacial score (nSPS) is 17.8. The molecule has 0 radical (unpaired) electrons. The maximum atomic E-state index is 13.2. The van der Waals surface area contributed by atoms with Crippen LogP contribution in [0.15, 0.2) is 77.0 Å². The van der Waals surface area contributed by atoms with Gasteiger partial charge in [-0.05, 0) is 48.9 Å². The number of imidazole rings is 1. The summed E-state index contributed by atoms with van der Waals surface area (Å²) < 4.78 is 12.4. The van der Waals surface area contributed by atoms with Gasteiger partial charge in [0.1, 0.15) is 22.9 Å². The number of Topliss-reactive ketones (excluding diaryl/α,β-unsaturated/α-hetero) is 1. The van der Waals surface area contributed by atoms with E-state index in [-0.39, 0.29) is 17.9 Å². The first kappa shape index (κ1) is 20.6. The number of methoxy groups -OCH3 is 1. The second-order valence-corrected chi connectivity index (χ2v) is 7.75. The summed E-state index contributed by atoms with van der Waals surface area (Å²) in [4.78, 5) is 32.2. The van der Waals surface area contributed by atoms with E-state index in [0.29, 0.717) is 34.1 Å². The Labute approximate surface area is 189 Å². The number of likely N-dealkylation sites (tertiary alicyclic amines) is 1. The van der Waals surface area contributed by atoms with Crippen LogP contribution in [0.4, 0.5) is 0 Å². The zero-order valence-corrected chi connectivity index (χ0v) is 18.1. The van der Waals surface area contributed by atoms with E-state index in [1.54, 1.807) is 73.2 Å². The lowest BCUT2D eigenvalue weighted by Crippen LogP contribution is -2.29. The van der Waals surface area contributed by atoms with Gasteiger partial charge in [-0.1, -0.05) is 18.2 Å². The smallest absolute Gasteiger partial charge is 0.296 e. The van der Waals surface area contributed by atoms with Crippen molar-refractivity contribution in [1.82, 2.24) is 14.3 Å². The number of carbonyl (C=O) groups excluding carboxylic acids is 2. The zero-order chi connectivity index (χ0) is 23.1. The zero-order valence-electron chi connectivity index (χ0n) is 18.1. The number of hydrogen-bond acceptors (Lipinski definition) is 6. The highest BCUT2D eigenvalue weighted by molar-refractivity contribution is 6.46. The summed E-state index contributed by atoms with van der Waals surface area (Å²) >= 11 is 0. The summed E-state index contributed by atoms with van der Waals surface area (Å²) in [5.41, 5.74) is 2.21. The molecule has 0 bridgehead atoms. The molecular formula is C25H21N3O5. The van der Waals surface area contributed by atoms with Gasteiger partial charge in [-0.25, -0.2) is 4.98 Å². The minimum Gasteiger partial charge on any atom is -0.505 e. The highest BCUT2D eigenvalue weighted by atomic mass is 16.5. The molecule has 166 valence electrons. The van der Waals surface area contributed by atoms with Crippen molar-refractivity contribution >= 4 is 23.1 Å². The monoisotopic (exact) mass is 443 g/mol. The number of hydrogen-bond donors (Lipinski definition) is 1. The Morgan fingerprint density at radius 2 is 1.91 bits per heavy atom. The fraction of sp³-hybridized carbons (Fsp3) is 0.160. The van der Waals surface area contributed by atoms with Crippen LogP contribution in [0.2, 0.25) is 0 Å². The van der Waals surface area contributed by atoms with E-state index >= 15 is 0 Å². The second kappa shape index (κ2) is 7.98. The number of ketones is 1. The number of fused-ring (bicyclic) bond motifs is 1. The summed E-state index contributed by atoms with van der Waals surface area (Å²) in [6, 6.07) is 15.2. The van der Waals surface area contributed by atoms with Gasteiger partial charge in [-0.15, -0.1) is 0 Å². The first-order valence-electron chi connectivity index (χ1n) is 10.4. The molecule has 3 aromatic heterocycles. The molecular weight excluding hydrogens is 422 g/mol. The maximum Gasteiger partial charge on any atom is 0.296 e. The Balaban J connectivity index is 1.71. The number of carbonyl (C=O) groups is 2. The van der Waals surface area contributed by atoms with Crippen molar-refractivity contribution in [2.45, 2.75) is 19.5 Å². The highest BCUT2D eigenvalue weighted by Gasteiger charge is 2.46. The first-order chi connectivity index (χ1) is 16.0. The van der Waals surface area contributed by atoms with Crippen molar-refractivity contribution < 1.29 is 23.8 Å². The number of aryl methyl sites for hydroxylation is 1. The van der Waals surface area contributed by atoms with Gasteiger partial charge in [-0.2, -0.15) is 0 Å². The fourth-order valence-electron chi connectivity index (χ4n) is 4.27. The summed E-state index contributed by atoms with van der Waals surface area (Å²) in [5, 5.41) is 11.4. The third-order valence-corrected chi connectivity index (χ3v) is 5.81. The lowest BCUT2D eigenvalue weighted by molar-refractivity contribution is -0.140. The molecule has 1 aliphatic heterocycles. The second-order valence-electron chi connectivity index (χ2n) is 7.75. The number of benzene rings is 1. The van der Waals surface area contributed by atoms with Crippen molar-refractivity contribution in [1.29, 1.82) is 0 Å². The van der Waals surface area contributed by atoms with E-state index in [1.165, 1.54) is 11.2 Å². The van der Waals surface area contributed by atoms with Crippen LogP contribution in [0, 0.1) is 6.92 Å². The summed E-state index contributed by atoms with van der Waals surface area (Å²) in [6.07, 6.45) is 3.27. The van der Waals surface area contributed by atoms with Crippen molar-refractivity contribution in [2.75, 3.05) is 7.11 Å². The summed E-state index contributed by atoms with van der Waals surface area (Å²) in [6.45, 7) is 1.83. The van der Waals surface area contributed by atoms with E-state index in [2.05, 4.69) is 4.98 Å². The predicted molar refractivity (Wildman–Crippen MR) is 119 cm³/mol. The summed E-state index contributed by atoms with van der Waals surface area (Å²) in [7, 11) is 1.56. The summed E-state index contributed by atoms with van der Waals surface area (Å²) in [5.74, 6) is -0.571. The molecule has 0 spiro atoms. The van der Waals surface area contributed by atoms with Gasteiger partial charge in [0.05, 0.1) is 37.2 Å². The van der Waals surface area contributed by atoms with Crippen molar-refractivity contribution in [3.8, 4) is 5.75 Å². The Kier molecular flexibility index (Phi) is 4.97. The van der Waals surface area contributed by atoms with Crippen LogP contribution < -0.4 is 4.74 Å². The molecule has 8 nitrogen and oxygen atoms in total. The number of aliphatic hydroxyl groups is 1. The average molecular weight is 443 g/mol. The lowest BCUT2D eigenvalue weighted by atomic mass is 9.96. The van der Waals surface area contributed by atoms with Crippen LogP contribution in [0.1, 0.15) is 28.8 Å². The number of aromatic nitrogens is 2. The number of nitrogens with zero attached hydrogens (tertiary/aromatic N) is 3. The van der Waals surface area contributed by atoms with Crippen LogP contribution in [0.25, 0.3) is 11.4 Å². The first-order valence-corrected chi connectivity index (χ1v) is 10.4. The SMILES string of the molecule is COc1ccc(C2C(=C(O)c3c(C)nc4ccccn34)C(=O)C(=O)N2Cc2ccco2)cc1. The molecule has 0 saturated carbocycles. The van der Waals surface area contributed by atoms with Crippen LogP contribution >= 0.6 is 0 Å². The molecule has 1 aromatic carbocycles. The Morgan fingerprint density at radius 3 is 2.61 bits per heavy atom. The molecule has 1 saturated heterocycles. The lowest BCUT2D eigenvalue weighted by Gasteiger charge is -2.24. The van der Waals surface area contributed by atoms with Crippen molar-refractivity contribution in [3.63, 3.8) is 0 Å². The molecule has 1 N–H and O–H groups in total. The number of aliphatic hydroxyl groups excluding tert-OH is 1. The number of pyridine rings is 1. The molecule has 1 unspecified atom stereocenters. The molecule has 33 heavy (non-hydrogen) atoms. The van der Waals surface area contributed by atoms with Gasteiger partial charge in [-0.3, -0.25) is 14.0 Å². The maximum absolute atomic E-state index is 13.2. The van der Waals surface area contributed by atoms with Crippen LogP contribution in [-0.2, 0) is 16.1 Å². The van der Waals surface area contributed by atoms with Crippen LogP contribution in [-0.4, -0.2) is 38.2 Å². The quantitative estimate of drug-likeness (QED) is 0.286. The molecule has 1 aliphatic rings. The van der Waals surface area contributed by atoms with Gasteiger partial charge < -0.3 is 19.2 Å². The number of rotatable bonds is 5. The van der Waals surface area contributed by atoms with E-state index in [4.69, 9.17) is 9.15 Å². The molecule has 1 amide bonds. The highest BCUT2D eigenvalue weighted by Crippen LogP contribution is 2.41. The van der Waals surface area contributed by atoms with Gasteiger partial charge >= 0.3 is 0 Å². The minimum absolute atomic E-state index is 0.00507. The standard InChI is InChI=1S/C25H21N3O5/c1-15-21(27-12-4-3-7-19(27)26-15)23(29)20-22(16-8-10-17(32-2)11-9-16)28(25(31)24(20)30)14-18-6-5-13-33-18/h3-13,22,29H,14H2,1-2H3. The molecule has 4 heterocycles. The van der Waals surface area contributed by atoms with Gasteiger partial charge in [0.2, 0.25) is 0 Å². The largest absolute Gasteiger partial charge is 0.505 e. The molecule has 0 aliphatic carbocycles. The Morgan fingerprint density at radius 1 is 1.12 bits per heavy atom. The topological polar surface area (TPSA) is 97.3 Å². The van der Waals surface area contributed by atoms with Crippen LogP contribution in [0.5, 0.6) is 5.75 Å². The fourth-order valence-corrected chi connectivity index (χ4v) is 4.27. The third kappa shape index (κ3) is 3.36. The molecule has 4 aromatic rings. The third-order valence-electron chi connectivity index (χ3n) is 5.81. The number of furan rings is 1. The molecule has 8 heteroatoms. The number of amides is 1. The van der Waals surface area contributed by atoms with E-state index in [0.717, 1.165) is 0 Å². The van der Waals surface area contributed by atoms with Gasteiger partial charge in [0, 0.05) is 6.20 Å². The Bertz CT molecular complexity index is 1380. The van der Waals surface area contributed by atoms with Gasteiger partial charge in [0.25, 0.3) is 11.7 Å². The Hall–Kier alpha value is -4.33. The van der Waals surface area contributed by atoms with Crippen LogP contribution in [0.3, 0.4) is 0 Å². The average Bonchev–Trinajstić information content (AvgIpc) is 3.52. The van der Waals surface area contributed by atoms with E-state index in [1.807, 2.05) is 6.07 Å². The minimum atomic E-state index is -0.810. The number of ether oxygens (including phenoxy) is 1. The van der Waals surface area contributed by atoms with Crippen molar-refractivity contribution in [3.05, 3.63) is 95.3 Å². The predicted octanol–water partition coefficient (Wildman–Crippen LogP) is 3.87.